The van der Waals surface area contributed by atoms with E-state index in [-0.39, 0.29) is 38.1 Å². The van der Waals surface area contributed by atoms with Crippen LogP contribution in [-0.4, -0.2) is 125 Å². The highest BCUT2D eigenvalue weighted by molar-refractivity contribution is 8.14. The van der Waals surface area contributed by atoms with Gasteiger partial charge in [-0.3, -0.25) is 29.5 Å². The first-order chi connectivity index (χ1) is 30.6. The SMILES string of the molecule is CCn1c(-c2cc(N3CCN(C4CC4)CC3)cnc2[C@H](C)OC)c2c3cc(ccc31)C1CSC(=N1)C[C@H](NC(=O)[C@H]1CC1C(F)(F)F)C(=O)N1CCC[C@](C=O)(COCC(C)(C)C2)N1. The van der Waals surface area contributed by atoms with E-state index in [1.807, 2.05) is 13.1 Å². The second-order valence-corrected chi connectivity index (χ2v) is 20.6. The van der Waals surface area contributed by atoms with Crippen LogP contribution in [-0.2, 0) is 36.8 Å². The standard InChI is InChI=1S/C47H61F3N8O5S/c1-6-57-39-11-8-29-18-32(39)35(42(57)34-19-31(23-51-41(34)28(2)62-5)56-16-14-55(15-17-56)30-9-10-30)22-45(3,4)26-63-27-46(25-59)12-7-13-58(54-46)44(61)37(21-40-52-38(29)24-64-40)53-43(60)33-20-36(33)47(48,49)50/h8,11,18-19,23,25,28,30,33,36-38,54H,6-7,9-10,12-17,20-22,24,26-27H2,1-5H3,(H,53,60)/t28-,33-,36?,37-,38?,46-/m0/s1. The van der Waals surface area contributed by atoms with E-state index in [1.165, 1.54) is 29.6 Å². The number of hydrazine groups is 1. The zero-order valence-electron chi connectivity index (χ0n) is 37.5. The van der Waals surface area contributed by atoms with Gasteiger partial charge in [-0.15, -0.1) is 11.8 Å². The summed E-state index contributed by atoms with van der Waals surface area (Å²) in [6, 6.07) is 8.11. The van der Waals surface area contributed by atoms with Gasteiger partial charge in [0.2, 0.25) is 5.91 Å². The molecule has 64 heavy (non-hydrogen) atoms. The van der Waals surface area contributed by atoms with Gasteiger partial charge in [-0.1, -0.05) is 19.9 Å². The first-order valence-corrected chi connectivity index (χ1v) is 24.0. The average Bonchev–Trinajstić information content (AvgIpc) is 4.22. The Labute approximate surface area is 377 Å². The minimum absolute atomic E-state index is 0.00931. The highest BCUT2D eigenvalue weighted by atomic mass is 32.2. The summed E-state index contributed by atoms with van der Waals surface area (Å²) in [6.45, 7) is 13.7. The summed E-state index contributed by atoms with van der Waals surface area (Å²) in [5.41, 5.74) is 8.76. The first kappa shape index (κ1) is 45.1. The third-order valence-corrected chi connectivity index (χ3v) is 15.2. The van der Waals surface area contributed by atoms with E-state index in [9.17, 15) is 27.6 Å². The Morgan fingerprint density at radius 2 is 1.92 bits per heavy atom. The second kappa shape index (κ2) is 17.6. The van der Waals surface area contributed by atoms with E-state index in [2.05, 4.69) is 70.1 Å². The lowest BCUT2D eigenvalue weighted by Crippen LogP contribution is -2.66. The van der Waals surface area contributed by atoms with Crippen LogP contribution in [0.2, 0.25) is 0 Å². The Hall–Kier alpha value is -4.03. The molecule has 2 N–H and O–H groups in total. The minimum atomic E-state index is -4.49. The van der Waals surface area contributed by atoms with Gasteiger partial charge in [-0.05, 0) is 87.1 Å². The maximum Gasteiger partial charge on any atom is 0.392 e. The van der Waals surface area contributed by atoms with Crippen LogP contribution in [0.4, 0.5) is 18.9 Å². The number of nitrogens with one attached hydrogen (secondary N) is 2. The number of thioether (sulfide) groups is 1. The molecule has 2 aromatic heterocycles. The number of methoxy groups -OCH3 is 1. The maximum atomic E-state index is 14.3. The molecular weight excluding hydrogens is 846 g/mol. The van der Waals surface area contributed by atoms with Gasteiger partial charge in [0.1, 0.15) is 17.9 Å². The topological polar surface area (TPSA) is 134 Å². The van der Waals surface area contributed by atoms with Gasteiger partial charge in [-0.25, -0.2) is 5.43 Å². The van der Waals surface area contributed by atoms with Crippen molar-refractivity contribution in [2.24, 2.45) is 22.2 Å². The number of aryl methyl sites for hydroxylation is 1. The van der Waals surface area contributed by atoms with Gasteiger partial charge < -0.3 is 29.1 Å². The zero-order chi connectivity index (χ0) is 45.1. The van der Waals surface area contributed by atoms with Crippen molar-refractivity contribution in [3.63, 3.8) is 0 Å². The number of benzene rings is 1. The molecule has 6 atom stereocenters. The molecular formula is C47H61F3N8O5S. The monoisotopic (exact) mass is 906 g/mol. The van der Waals surface area contributed by atoms with Crippen LogP contribution >= 0.6 is 11.8 Å². The number of ether oxygens (including phenoxy) is 2. The summed E-state index contributed by atoms with van der Waals surface area (Å²) in [5.74, 6) is -3.72. The number of aromatic nitrogens is 2. The number of piperazine rings is 1. The summed E-state index contributed by atoms with van der Waals surface area (Å²) in [5, 5.41) is 5.73. The quantitative estimate of drug-likeness (QED) is 0.226. The number of rotatable bonds is 9. The number of hydrogen-bond donors (Lipinski definition) is 2. The van der Waals surface area contributed by atoms with Crippen molar-refractivity contribution in [3.05, 3.63) is 47.3 Å². The lowest BCUT2D eigenvalue weighted by molar-refractivity contribution is -0.155. The van der Waals surface area contributed by atoms with Crippen LogP contribution in [0.25, 0.3) is 22.2 Å². The Bertz CT molecular complexity index is 2310. The fraction of sp³-hybridized carbons (Fsp3) is 0.638. The van der Waals surface area contributed by atoms with E-state index in [4.69, 9.17) is 19.5 Å². The van der Waals surface area contributed by atoms with E-state index in [0.29, 0.717) is 43.2 Å². The molecule has 0 spiro atoms. The molecule has 2 saturated heterocycles. The molecule has 2 unspecified atom stereocenters. The number of amides is 2. The van der Waals surface area contributed by atoms with Crippen LogP contribution < -0.4 is 15.6 Å². The molecule has 4 aliphatic heterocycles. The van der Waals surface area contributed by atoms with E-state index in [1.54, 1.807) is 7.11 Å². The highest BCUT2D eigenvalue weighted by Gasteiger charge is 2.59. The number of aliphatic imine (C=N–C) groups is 1. The molecule has 9 rings (SSSR count). The molecule has 0 radical (unpaired) electrons. The normalized spacial score (nSPS) is 28.4. The highest BCUT2D eigenvalue weighted by Crippen LogP contribution is 2.50. The molecule has 6 heterocycles. The largest absolute Gasteiger partial charge is 0.392 e. The molecule has 6 aliphatic rings. The lowest BCUT2D eigenvalue weighted by atomic mass is 9.84. The molecule has 1 aromatic carbocycles. The number of anilines is 1. The van der Waals surface area contributed by atoms with Crippen molar-refractivity contribution in [3.8, 4) is 11.3 Å². The Morgan fingerprint density at radius 3 is 2.61 bits per heavy atom. The van der Waals surface area contributed by atoms with Crippen LogP contribution in [0.3, 0.4) is 0 Å². The lowest BCUT2D eigenvalue weighted by Gasteiger charge is -2.41. The number of pyridine rings is 1. The number of fused-ring (bicyclic) bond motifs is 5. The fourth-order valence-corrected chi connectivity index (χ4v) is 11.4. The second-order valence-electron chi connectivity index (χ2n) is 19.5. The van der Waals surface area contributed by atoms with Gasteiger partial charge in [-0.2, -0.15) is 13.2 Å². The molecule has 4 fully saturated rings. The smallest absolute Gasteiger partial charge is 0.378 e. The van der Waals surface area contributed by atoms with E-state index >= 15 is 0 Å². The summed E-state index contributed by atoms with van der Waals surface area (Å²) >= 11 is 1.49. The summed E-state index contributed by atoms with van der Waals surface area (Å²) < 4.78 is 55.5. The molecule has 2 aliphatic carbocycles. The van der Waals surface area contributed by atoms with Crippen molar-refractivity contribution in [2.75, 3.05) is 63.7 Å². The van der Waals surface area contributed by atoms with Crippen LogP contribution in [0.1, 0.15) is 95.2 Å². The summed E-state index contributed by atoms with van der Waals surface area (Å²) in [7, 11) is 1.71. The Morgan fingerprint density at radius 1 is 1.14 bits per heavy atom. The Kier molecular flexibility index (Phi) is 12.4. The van der Waals surface area contributed by atoms with Crippen LogP contribution in [0, 0.1) is 17.3 Å². The zero-order valence-corrected chi connectivity index (χ0v) is 38.3. The van der Waals surface area contributed by atoms with Gasteiger partial charge in [0.25, 0.3) is 5.91 Å². The Balaban J connectivity index is 1.12. The van der Waals surface area contributed by atoms with Crippen molar-refractivity contribution < 1.29 is 37.0 Å². The molecule has 3 aromatic rings. The first-order valence-electron chi connectivity index (χ1n) is 23.0. The maximum absolute atomic E-state index is 14.3. The third kappa shape index (κ3) is 9.08. The molecule has 13 nitrogen and oxygen atoms in total. The van der Waals surface area contributed by atoms with Crippen molar-refractivity contribution in [1.82, 2.24) is 30.2 Å². The van der Waals surface area contributed by atoms with Crippen molar-refractivity contribution in [1.29, 1.82) is 0 Å². The fourth-order valence-electron chi connectivity index (χ4n) is 10.3. The van der Waals surface area contributed by atoms with Gasteiger partial charge in [0, 0.05) is 81.1 Å². The molecule has 6 bridgehead atoms. The number of carbonyl (C=O) groups excluding carboxylic acids is 3. The summed E-state index contributed by atoms with van der Waals surface area (Å²) in [4.78, 5) is 55.8. The minimum Gasteiger partial charge on any atom is -0.378 e. The predicted molar refractivity (Wildman–Crippen MR) is 241 cm³/mol. The number of nitrogens with zero attached hydrogens (tertiary/aromatic N) is 6. The molecule has 346 valence electrons. The predicted octanol–water partition coefficient (Wildman–Crippen LogP) is 6.64. The van der Waals surface area contributed by atoms with Crippen molar-refractivity contribution >= 4 is 51.5 Å². The van der Waals surface area contributed by atoms with Crippen LogP contribution in [0.5, 0.6) is 0 Å². The molecule has 17 heteroatoms. The van der Waals surface area contributed by atoms with Gasteiger partial charge in [0.05, 0.1) is 65.5 Å². The van der Waals surface area contributed by atoms with Gasteiger partial charge >= 0.3 is 6.18 Å². The number of alkyl halides is 3. The van der Waals surface area contributed by atoms with Crippen molar-refractivity contribution in [2.45, 2.75) is 115 Å². The van der Waals surface area contributed by atoms with Gasteiger partial charge in [0.15, 0.2) is 0 Å². The number of halogens is 3. The molecule has 2 amide bonds. The number of carbonyl (C=O) groups is 3. The van der Waals surface area contributed by atoms with E-state index < -0.39 is 46.8 Å². The summed E-state index contributed by atoms with van der Waals surface area (Å²) in [6.07, 6.45) is 1.82. The molecule has 2 saturated carbocycles. The van der Waals surface area contributed by atoms with E-state index in [0.717, 1.165) is 83.2 Å². The number of aldehydes is 1. The third-order valence-electron chi connectivity index (χ3n) is 14.1. The number of hydrogen-bond acceptors (Lipinski definition) is 11. The average molecular weight is 907 g/mol. The van der Waals surface area contributed by atoms with Crippen LogP contribution in [0.15, 0.2) is 35.5 Å².